The van der Waals surface area contributed by atoms with Crippen LogP contribution in [0.1, 0.15) is 28.8 Å². The van der Waals surface area contributed by atoms with Gasteiger partial charge in [0.25, 0.3) is 5.91 Å². The first-order valence-electron chi connectivity index (χ1n) is 10.7. The SMILES string of the molecule is COCCN(C(=O)c1cccc(OC)c1)C1CCN(Cc2ccccc2OC(F)F)CC1. The summed E-state index contributed by atoms with van der Waals surface area (Å²) in [6, 6.07) is 14.1. The molecule has 2 aromatic rings. The second kappa shape index (κ2) is 11.8. The van der Waals surface area contributed by atoms with Gasteiger partial charge in [0, 0.05) is 50.5 Å². The second-order valence-corrected chi connectivity index (χ2v) is 7.72. The fraction of sp³-hybridized carbons (Fsp3) is 0.458. The topological polar surface area (TPSA) is 51.2 Å². The summed E-state index contributed by atoms with van der Waals surface area (Å²) in [6.45, 7) is 0.137. The second-order valence-electron chi connectivity index (χ2n) is 7.72. The Labute approximate surface area is 187 Å². The molecule has 6 nitrogen and oxygen atoms in total. The average Bonchev–Trinajstić information content (AvgIpc) is 2.81. The maximum absolute atomic E-state index is 13.3. The number of hydrogen-bond acceptors (Lipinski definition) is 5. The summed E-state index contributed by atoms with van der Waals surface area (Å²) >= 11 is 0. The number of nitrogens with zero attached hydrogens (tertiary/aromatic N) is 2. The molecule has 1 heterocycles. The molecular formula is C24H30F2N2O4. The van der Waals surface area contributed by atoms with Gasteiger partial charge in [0.1, 0.15) is 11.5 Å². The van der Waals surface area contributed by atoms with Crippen LogP contribution in [0.25, 0.3) is 0 Å². The molecule has 174 valence electrons. The smallest absolute Gasteiger partial charge is 0.387 e. The number of hydrogen-bond donors (Lipinski definition) is 0. The number of methoxy groups -OCH3 is 2. The predicted octanol–water partition coefficient (Wildman–Crippen LogP) is 4.05. The Kier molecular flexibility index (Phi) is 8.81. The maximum Gasteiger partial charge on any atom is 0.387 e. The third-order valence-electron chi connectivity index (χ3n) is 5.69. The average molecular weight is 449 g/mol. The zero-order valence-corrected chi connectivity index (χ0v) is 18.5. The molecule has 8 heteroatoms. The van der Waals surface area contributed by atoms with Gasteiger partial charge in [0.15, 0.2) is 0 Å². The number of alkyl halides is 2. The molecule has 1 aliphatic rings. The van der Waals surface area contributed by atoms with Gasteiger partial charge in [-0.2, -0.15) is 8.78 Å². The number of amides is 1. The van der Waals surface area contributed by atoms with E-state index in [-0.39, 0.29) is 17.7 Å². The Balaban J connectivity index is 1.65. The van der Waals surface area contributed by atoms with Crippen molar-refractivity contribution in [3.63, 3.8) is 0 Å². The number of piperidine rings is 1. The molecule has 0 unspecified atom stereocenters. The highest BCUT2D eigenvalue weighted by Gasteiger charge is 2.29. The Morgan fingerprint density at radius 2 is 1.88 bits per heavy atom. The van der Waals surface area contributed by atoms with Gasteiger partial charge in [0.05, 0.1) is 13.7 Å². The standard InChI is InChI=1S/C24H30F2N2O4/c1-30-15-14-28(23(29)18-7-5-8-21(16-18)31-2)20-10-12-27(13-11-20)17-19-6-3-4-9-22(19)32-24(25)26/h3-9,16,20,24H,10-15,17H2,1-2H3. The van der Waals surface area contributed by atoms with Crippen molar-refractivity contribution < 1.29 is 27.8 Å². The number of halogens is 2. The molecule has 0 N–H and O–H groups in total. The van der Waals surface area contributed by atoms with Gasteiger partial charge in [-0.25, -0.2) is 0 Å². The third-order valence-corrected chi connectivity index (χ3v) is 5.69. The van der Waals surface area contributed by atoms with E-state index >= 15 is 0 Å². The molecule has 2 aromatic carbocycles. The highest BCUT2D eigenvalue weighted by Crippen LogP contribution is 2.25. The molecule has 1 fully saturated rings. The van der Waals surface area contributed by atoms with Crippen LogP contribution in [0.2, 0.25) is 0 Å². The van der Waals surface area contributed by atoms with E-state index in [1.54, 1.807) is 44.6 Å². The molecule has 3 rings (SSSR count). The predicted molar refractivity (Wildman–Crippen MR) is 117 cm³/mol. The van der Waals surface area contributed by atoms with E-state index in [0.717, 1.165) is 31.5 Å². The van der Waals surface area contributed by atoms with Gasteiger partial charge < -0.3 is 19.1 Å². The summed E-state index contributed by atoms with van der Waals surface area (Å²) in [5.74, 6) is 0.802. The minimum absolute atomic E-state index is 0.0462. The summed E-state index contributed by atoms with van der Waals surface area (Å²) in [5, 5.41) is 0. The first-order chi connectivity index (χ1) is 15.5. The Hall–Kier alpha value is -2.71. The van der Waals surface area contributed by atoms with Crippen LogP contribution in [0.4, 0.5) is 8.78 Å². The molecular weight excluding hydrogens is 418 g/mol. The number of benzene rings is 2. The van der Waals surface area contributed by atoms with E-state index in [1.807, 2.05) is 23.1 Å². The van der Waals surface area contributed by atoms with Crippen molar-refractivity contribution in [2.24, 2.45) is 0 Å². The molecule has 0 radical (unpaired) electrons. The number of ether oxygens (including phenoxy) is 3. The van der Waals surface area contributed by atoms with Crippen LogP contribution in [0.15, 0.2) is 48.5 Å². The van der Waals surface area contributed by atoms with E-state index in [0.29, 0.717) is 31.0 Å². The van der Waals surface area contributed by atoms with Crippen molar-refractivity contribution in [2.75, 3.05) is 40.5 Å². The summed E-state index contributed by atoms with van der Waals surface area (Å²) in [4.78, 5) is 17.3. The monoisotopic (exact) mass is 448 g/mol. The van der Waals surface area contributed by atoms with Gasteiger partial charge in [-0.15, -0.1) is 0 Å². The van der Waals surface area contributed by atoms with Gasteiger partial charge in [-0.3, -0.25) is 9.69 Å². The first-order valence-corrected chi connectivity index (χ1v) is 10.7. The molecule has 32 heavy (non-hydrogen) atoms. The van der Waals surface area contributed by atoms with Crippen LogP contribution in [0, 0.1) is 0 Å². The van der Waals surface area contributed by atoms with Crippen molar-refractivity contribution in [1.82, 2.24) is 9.80 Å². The van der Waals surface area contributed by atoms with Crippen LogP contribution < -0.4 is 9.47 Å². The lowest BCUT2D eigenvalue weighted by molar-refractivity contribution is -0.0508. The van der Waals surface area contributed by atoms with E-state index in [1.165, 1.54) is 0 Å². The molecule has 0 aromatic heterocycles. The molecule has 0 saturated carbocycles. The van der Waals surface area contributed by atoms with Gasteiger partial charge in [-0.05, 0) is 37.1 Å². The van der Waals surface area contributed by atoms with E-state index < -0.39 is 6.61 Å². The Morgan fingerprint density at radius 1 is 1.12 bits per heavy atom. The van der Waals surface area contributed by atoms with E-state index in [9.17, 15) is 13.6 Å². The molecule has 1 aliphatic heterocycles. The molecule has 0 atom stereocenters. The minimum Gasteiger partial charge on any atom is -0.497 e. The van der Waals surface area contributed by atoms with Crippen LogP contribution >= 0.6 is 0 Å². The highest BCUT2D eigenvalue weighted by atomic mass is 19.3. The van der Waals surface area contributed by atoms with Crippen LogP contribution in [0.5, 0.6) is 11.5 Å². The largest absolute Gasteiger partial charge is 0.497 e. The van der Waals surface area contributed by atoms with Crippen LogP contribution in [-0.4, -0.2) is 68.8 Å². The fourth-order valence-corrected chi connectivity index (χ4v) is 4.04. The summed E-state index contributed by atoms with van der Waals surface area (Å²) < 4.78 is 40.5. The number of para-hydroxylation sites is 1. The van der Waals surface area contributed by atoms with Gasteiger partial charge >= 0.3 is 6.61 Å². The van der Waals surface area contributed by atoms with Gasteiger partial charge in [0.2, 0.25) is 0 Å². The van der Waals surface area contributed by atoms with Crippen molar-refractivity contribution in [1.29, 1.82) is 0 Å². The molecule has 1 saturated heterocycles. The van der Waals surface area contributed by atoms with E-state index in [4.69, 9.17) is 9.47 Å². The van der Waals surface area contributed by atoms with Crippen LogP contribution in [0.3, 0.4) is 0 Å². The number of carbonyl (C=O) groups is 1. The summed E-state index contributed by atoms with van der Waals surface area (Å²) in [6.07, 6.45) is 1.58. The third kappa shape index (κ3) is 6.40. The van der Waals surface area contributed by atoms with Crippen LogP contribution in [-0.2, 0) is 11.3 Å². The summed E-state index contributed by atoms with van der Waals surface area (Å²) in [5.41, 5.74) is 1.32. The maximum atomic E-state index is 13.3. The zero-order valence-electron chi connectivity index (χ0n) is 18.5. The quantitative estimate of drug-likeness (QED) is 0.549. The minimum atomic E-state index is -2.85. The molecule has 1 amide bonds. The van der Waals surface area contributed by atoms with Gasteiger partial charge in [-0.1, -0.05) is 24.3 Å². The number of rotatable bonds is 10. The fourth-order valence-electron chi connectivity index (χ4n) is 4.04. The lowest BCUT2D eigenvalue weighted by Crippen LogP contribution is -2.48. The van der Waals surface area contributed by atoms with E-state index in [2.05, 4.69) is 9.64 Å². The van der Waals surface area contributed by atoms with Crippen molar-refractivity contribution in [2.45, 2.75) is 32.0 Å². The summed E-state index contributed by atoms with van der Waals surface area (Å²) in [7, 11) is 3.20. The first kappa shape index (κ1) is 23.9. The zero-order chi connectivity index (χ0) is 22.9. The highest BCUT2D eigenvalue weighted by molar-refractivity contribution is 5.94. The lowest BCUT2D eigenvalue weighted by Gasteiger charge is -2.38. The number of carbonyl (C=O) groups excluding carboxylic acids is 1. The van der Waals surface area contributed by atoms with Crippen molar-refractivity contribution >= 4 is 5.91 Å². The Morgan fingerprint density at radius 3 is 2.56 bits per heavy atom. The molecule has 0 spiro atoms. The number of likely N-dealkylation sites (tertiary alicyclic amines) is 1. The molecule has 0 aliphatic carbocycles. The normalized spacial score (nSPS) is 15.0. The Bertz CT molecular complexity index is 873. The lowest BCUT2D eigenvalue weighted by atomic mass is 10.0. The molecule has 0 bridgehead atoms. The van der Waals surface area contributed by atoms with Crippen molar-refractivity contribution in [3.05, 3.63) is 59.7 Å². The van der Waals surface area contributed by atoms with Crippen molar-refractivity contribution in [3.8, 4) is 11.5 Å².